The zero-order valence-corrected chi connectivity index (χ0v) is 9.02. The largest absolute Gasteiger partial charge is 0.464 e. The van der Waals surface area contributed by atoms with Gasteiger partial charge in [-0.25, -0.2) is 4.79 Å². The second kappa shape index (κ2) is 3.31. The molecule has 0 aliphatic rings. The van der Waals surface area contributed by atoms with Gasteiger partial charge in [-0.1, -0.05) is 0 Å². The van der Waals surface area contributed by atoms with Gasteiger partial charge in [0.25, 0.3) is 0 Å². The van der Waals surface area contributed by atoms with E-state index in [0.29, 0.717) is 16.6 Å². The summed E-state index contributed by atoms with van der Waals surface area (Å²) in [6, 6.07) is 6.19. The Morgan fingerprint density at radius 1 is 1.12 bits per heavy atom. The number of fused-ring (bicyclic) bond motifs is 3. The number of rotatable bonds is 0. The Balaban J connectivity index is 2.73. The molecule has 2 heterocycles. The molecule has 17 heavy (non-hydrogen) atoms. The molecule has 0 fully saturated rings. The molecule has 0 atom stereocenters. The summed E-state index contributed by atoms with van der Waals surface area (Å²) in [4.78, 5) is 23.2. The van der Waals surface area contributed by atoms with Crippen molar-refractivity contribution >= 4 is 21.9 Å². The van der Waals surface area contributed by atoms with Crippen LogP contribution in [0.5, 0.6) is 0 Å². The van der Waals surface area contributed by atoms with Crippen molar-refractivity contribution in [1.82, 2.24) is 0 Å². The zero-order chi connectivity index (χ0) is 12.0. The maximum absolute atomic E-state index is 11.8. The van der Waals surface area contributed by atoms with E-state index in [-0.39, 0.29) is 5.43 Å². The van der Waals surface area contributed by atoms with Gasteiger partial charge >= 0.3 is 5.63 Å². The second-order valence-corrected chi connectivity index (χ2v) is 3.85. The molecule has 3 rings (SSSR count). The lowest BCUT2D eigenvalue weighted by atomic mass is 10.1. The fourth-order valence-electron chi connectivity index (χ4n) is 1.95. The first kappa shape index (κ1) is 9.84. The highest BCUT2D eigenvalue weighted by Crippen LogP contribution is 2.23. The number of hydrogen-bond acceptors (Lipinski definition) is 4. The molecule has 0 bridgehead atoms. The molecular formula is C13H8O4. The molecule has 0 saturated heterocycles. The first-order valence-corrected chi connectivity index (χ1v) is 5.12. The van der Waals surface area contributed by atoms with E-state index in [2.05, 4.69) is 0 Å². The third-order valence-corrected chi connectivity index (χ3v) is 2.74. The van der Waals surface area contributed by atoms with Crippen molar-refractivity contribution in [2.75, 3.05) is 0 Å². The minimum absolute atomic E-state index is 0.217. The molecule has 1 aromatic carbocycles. The first-order valence-electron chi connectivity index (χ1n) is 5.12. The molecule has 0 aliphatic carbocycles. The van der Waals surface area contributed by atoms with Crippen LogP contribution in [0.25, 0.3) is 21.9 Å². The Labute approximate surface area is 95.1 Å². The zero-order valence-electron chi connectivity index (χ0n) is 9.02. The molecule has 0 aliphatic heterocycles. The van der Waals surface area contributed by atoms with Crippen molar-refractivity contribution in [2.45, 2.75) is 6.92 Å². The van der Waals surface area contributed by atoms with Gasteiger partial charge in [-0.3, -0.25) is 4.79 Å². The van der Waals surface area contributed by atoms with Gasteiger partial charge in [0.05, 0.1) is 6.26 Å². The van der Waals surface area contributed by atoms with E-state index in [1.807, 2.05) is 0 Å². The van der Waals surface area contributed by atoms with Crippen molar-refractivity contribution in [2.24, 2.45) is 0 Å². The normalized spacial score (nSPS) is 11.1. The lowest BCUT2D eigenvalue weighted by molar-refractivity contribution is 0.560. The fraction of sp³-hybridized carbons (Fsp3) is 0.0769. The molecular weight excluding hydrogens is 220 g/mol. The van der Waals surface area contributed by atoms with E-state index < -0.39 is 5.63 Å². The highest BCUT2D eigenvalue weighted by molar-refractivity contribution is 6.02. The van der Waals surface area contributed by atoms with E-state index in [4.69, 9.17) is 8.83 Å². The Kier molecular flexibility index (Phi) is 1.92. The van der Waals surface area contributed by atoms with Crippen LogP contribution in [0.4, 0.5) is 0 Å². The Morgan fingerprint density at radius 3 is 2.76 bits per heavy atom. The summed E-state index contributed by atoms with van der Waals surface area (Å²) in [5, 5.41) is 1.06. The van der Waals surface area contributed by atoms with E-state index in [1.54, 1.807) is 19.1 Å². The maximum atomic E-state index is 11.8. The van der Waals surface area contributed by atoms with Gasteiger partial charge in [-0.2, -0.15) is 0 Å². The Morgan fingerprint density at radius 2 is 1.94 bits per heavy atom. The van der Waals surface area contributed by atoms with E-state index in [1.165, 1.54) is 18.4 Å². The van der Waals surface area contributed by atoms with Crippen LogP contribution in [0.15, 0.2) is 49.0 Å². The van der Waals surface area contributed by atoms with Crippen LogP contribution < -0.4 is 11.1 Å². The van der Waals surface area contributed by atoms with Crippen molar-refractivity contribution < 1.29 is 8.83 Å². The van der Waals surface area contributed by atoms with Crippen LogP contribution in [0.3, 0.4) is 0 Å². The van der Waals surface area contributed by atoms with Crippen LogP contribution >= 0.6 is 0 Å². The molecule has 2 aromatic heterocycles. The van der Waals surface area contributed by atoms with E-state index in [0.717, 1.165) is 10.9 Å². The van der Waals surface area contributed by atoms with Crippen molar-refractivity contribution in [1.29, 1.82) is 0 Å². The Bertz CT molecular complexity index is 839. The predicted octanol–water partition coefficient (Wildman–Crippen LogP) is 2.21. The Hall–Kier alpha value is -2.36. The maximum Gasteiger partial charge on any atom is 0.336 e. The van der Waals surface area contributed by atoms with Crippen LogP contribution in [0.1, 0.15) is 5.56 Å². The summed E-state index contributed by atoms with van der Waals surface area (Å²) >= 11 is 0. The summed E-state index contributed by atoms with van der Waals surface area (Å²) in [5.74, 6) is 0. The molecule has 0 saturated carbocycles. The van der Waals surface area contributed by atoms with Crippen LogP contribution in [-0.2, 0) is 0 Å². The summed E-state index contributed by atoms with van der Waals surface area (Å²) in [7, 11) is 0. The van der Waals surface area contributed by atoms with Gasteiger partial charge in [0, 0.05) is 17.5 Å². The lowest BCUT2D eigenvalue weighted by Crippen LogP contribution is -2.03. The molecule has 84 valence electrons. The highest BCUT2D eigenvalue weighted by Gasteiger charge is 2.10. The monoisotopic (exact) mass is 228 g/mol. The molecule has 3 aromatic rings. The van der Waals surface area contributed by atoms with Gasteiger partial charge in [-0.05, 0) is 24.6 Å². The molecule has 0 unspecified atom stereocenters. The van der Waals surface area contributed by atoms with Gasteiger partial charge in [-0.15, -0.1) is 0 Å². The molecule has 0 amide bonds. The van der Waals surface area contributed by atoms with E-state index >= 15 is 0 Å². The van der Waals surface area contributed by atoms with Crippen LogP contribution in [0.2, 0.25) is 0 Å². The minimum Gasteiger partial charge on any atom is -0.464 e. The summed E-state index contributed by atoms with van der Waals surface area (Å²) in [5.41, 5.74) is 0.804. The van der Waals surface area contributed by atoms with Crippen molar-refractivity contribution in [3.05, 3.63) is 56.7 Å². The predicted molar refractivity (Wildman–Crippen MR) is 63.3 cm³/mol. The molecule has 4 nitrogen and oxygen atoms in total. The molecule has 0 radical (unpaired) electrons. The van der Waals surface area contributed by atoms with Gasteiger partial charge in [0.1, 0.15) is 11.0 Å². The number of aryl methyl sites for hydroxylation is 1. The molecule has 4 heteroatoms. The van der Waals surface area contributed by atoms with Crippen LogP contribution in [0, 0.1) is 6.92 Å². The summed E-state index contributed by atoms with van der Waals surface area (Å²) < 4.78 is 10.3. The smallest absolute Gasteiger partial charge is 0.336 e. The topological polar surface area (TPSA) is 60.4 Å². The molecule has 0 N–H and O–H groups in total. The highest BCUT2D eigenvalue weighted by atomic mass is 16.4. The third-order valence-electron chi connectivity index (χ3n) is 2.74. The van der Waals surface area contributed by atoms with Crippen molar-refractivity contribution in [3.63, 3.8) is 0 Å². The standard InChI is InChI=1S/C13H8O4/c1-7-6-11(15)17-13-8(7)2-3-10-12(13)9(14)4-5-16-10/h2-6H,1H3. The van der Waals surface area contributed by atoms with Gasteiger partial charge < -0.3 is 8.83 Å². The van der Waals surface area contributed by atoms with Gasteiger partial charge in [0.2, 0.25) is 0 Å². The van der Waals surface area contributed by atoms with Crippen molar-refractivity contribution in [3.8, 4) is 0 Å². The minimum atomic E-state index is -0.467. The summed E-state index contributed by atoms with van der Waals surface area (Å²) in [6.07, 6.45) is 1.32. The fourth-order valence-corrected chi connectivity index (χ4v) is 1.95. The van der Waals surface area contributed by atoms with E-state index in [9.17, 15) is 9.59 Å². The number of benzene rings is 1. The quantitative estimate of drug-likeness (QED) is 0.437. The average molecular weight is 228 g/mol. The first-order chi connectivity index (χ1) is 8.16. The van der Waals surface area contributed by atoms with Gasteiger partial charge in [0.15, 0.2) is 11.0 Å². The SMILES string of the molecule is Cc1cc(=O)oc2c1ccc1occc(=O)c12. The average Bonchev–Trinajstić information content (AvgIpc) is 2.28. The third kappa shape index (κ3) is 1.38. The lowest BCUT2D eigenvalue weighted by Gasteiger charge is -2.02. The van der Waals surface area contributed by atoms with Crippen LogP contribution in [-0.4, -0.2) is 0 Å². The summed E-state index contributed by atoms with van der Waals surface area (Å²) in [6.45, 7) is 1.80. The number of hydrogen-bond donors (Lipinski definition) is 0. The molecule has 0 spiro atoms. The second-order valence-electron chi connectivity index (χ2n) is 3.85.